The standard InChI is InChI=1S/C21H21N5O2/c1-14-8-9-18-15(11-14)12-16(20-22-23-24-26(18)20)13-25(17-5-2-3-6-17)21(27)19-7-4-10-28-19/h4,7-12,17H,2-3,5-6,13H2,1H3. The Labute approximate surface area is 161 Å². The van der Waals surface area contributed by atoms with Gasteiger partial charge in [-0.1, -0.05) is 24.5 Å². The third kappa shape index (κ3) is 2.83. The van der Waals surface area contributed by atoms with Crippen molar-refractivity contribution in [3.63, 3.8) is 0 Å². The van der Waals surface area contributed by atoms with Crippen LogP contribution < -0.4 is 0 Å². The first-order valence-corrected chi connectivity index (χ1v) is 9.65. The van der Waals surface area contributed by atoms with E-state index in [1.165, 1.54) is 5.56 Å². The van der Waals surface area contributed by atoms with Crippen molar-refractivity contribution in [2.75, 3.05) is 0 Å². The van der Waals surface area contributed by atoms with Gasteiger partial charge in [0.05, 0.1) is 18.3 Å². The van der Waals surface area contributed by atoms with Crippen molar-refractivity contribution in [1.82, 2.24) is 24.9 Å². The third-order valence-electron chi connectivity index (χ3n) is 5.60. The molecule has 0 bridgehead atoms. The lowest BCUT2D eigenvalue weighted by atomic mass is 10.1. The van der Waals surface area contributed by atoms with Crippen LogP contribution in [0.1, 0.15) is 47.4 Å². The number of benzene rings is 1. The Morgan fingerprint density at radius 1 is 1.25 bits per heavy atom. The summed E-state index contributed by atoms with van der Waals surface area (Å²) >= 11 is 0. The predicted molar refractivity (Wildman–Crippen MR) is 104 cm³/mol. The van der Waals surface area contributed by atoms with Gasteiger partial charge in [0.25, 0.3) is 5.91 Å². The van der Waals surface area contributed by atoms with Crippen LogP contribution in [0, 0.1) is 6.92 Å². The van der Waals surface area contributed by atoms with Gasteiger partial charge in [0, 0.05) is 17.0 Å². The Morgan fingerprint density at radius 3 is 2.89 bits per heavy atom. The fraction of sp³-hybridized carbons (Fsp3) is 0.333. The molecule has 3 aromatic heterocycles. The second kappa shape index (κ2) is 6.74. The highest BCUT2D eigenvalue weighted by molar-refractivity contribution is 5.92. The summed E-state index contributed by atoms with van der Waals surface area (Å²) in [6, 6.07) is 12.0. The molecule has 3 heterocycles. The molecule has 0 unspecified atom stereocenters. The molecule has 142 valence electrons. The van der Waals surface area contributed by atoms with E-state index in [1.54, 1.807) is 22.9 Å². The highest BCUT2D eigenvalue weighted by Gasteiger charge is 2.30. The average Bonchev–Trinajstić information content (AvgIpc) is 3.47. The van der Waals surface area contributed by atoms with Crippen LogP contribution in [0.25, 0.3) is 16.6 Å². The Morgan fingerprint density at radius 2 is 2.11 bits per heavy atom. The first-order valence-electron chi connectivity index (χ1n) is 9.65. The molecule has 1 aliphatic rings. The summed E-state index contributed by atoms with van der Waals surface area (Å²) in [5, 5.41) is 13.3. The summed E-state index contributed by atoms with van der Waals surface area (Å²) < 4.78 is 7.15. The zero-order valence-corrected chi connectivity index (χ0v) is 15.7. The summed E-state index contributed by atoms with van der Waals surface area (Å²) in [7, 11) is 0. The normalized spacial score (nSPS) is 14.9. The fourth-order valence-electron chi connectivity index (χ4n) is 4.21. The van der Waals surface area contributed by atoms with Crippen molar-refractivity contribution < 1.29 is 9.21 Å². The van der Waals surface area contributed by atoms with E-state index in [2.05, 4.69) is 34.6 Å². The predicted octanol–water partition coefficient (Wildman–Crippen LogP) is 3.76. The molecule has 0 saturated heterocycles. The molecule has 1 aliphatic carbocycles. The summed E-state index contributed by atoms with van der Waals surface area (Å²) in [5.74, 6) is 0.297. The van der Waals surface area contributed by atoms with E-state index in [0.29, 0.717) is 18.0 Å². The maximum absolute atomic E-state index is 13.2. The quantitative estimate of drug-likeness (QED) is 0.543. The molecule has 7 nitrogen and oxygen atoms in total. The number of nitrogens with zero attached hydrogens (tertiary/aromatic N) is 5. The summed E-state index contributed by atoms with van der Waals surface area (Å²) in [5.41, 5.74) is 3.76. The minimum atomic E-state index is -0.0770. The van der Waals surface area contributed by atoms with Crippen LogP contribution in [-0.4, -0.2) is 36.9 Å². The molecule has 0 N–H and O–H groups in total. The number of pyridine rings is 1. The molecule has 1 amide bonds. The van der Waals surface area contributed by atoms with Crippen LogP contribution >= 0.6 is 0 Å². The molecule has 7 heteroatoms. The van der Waals surface area contributed by atoms with Crippen molar-refractivity contribution in [3.05, 3.63) is 59.5 Å². The molecule has 0 radical (unpaired) electrons. The summed E-state index contributed by atoms with van der Waals surface area (Å²) in [6.45, 7) is 2.52. The molecule has 0 atom stereocenters. The highest BCUT2D eigenvalue weighted by atomic mass is 16.3. The Hall–Kier alpha value is -3.22. The second-order valence-electron chi connectivity index (χ2n) is 7.49. The minimum absolute atomic E-state index is 0.0770. The fourth-order valence-corrected chi connectivity index (χ4v) is 4.21. The lowest BCUT2D eigenvalue weighted by molar-refractivity contribution is 0.0632. The van der Waals surface area contributed by atoms with Crippen LogP contribution in [0.5, 0.6) is 0 Å². The molecule has 0 spiro atoms. The number of tetrazole rings is 1. The van der Waals surface area contributed by atoms with Crippen LogP contribution in [0.2, 0.25) is 0 Å². The SMILES string of the molecule is Cc1ccc2c(c1)cc(CN(C(=O)c1ccco1)C1CCCC1)c1nnnn12. The number of furan rings is 1. The number of aryl methyl sites for hydroxylation is 1. The number of hydrogen-bond donors (Lipinski definition) is 0. The molecule has 0 aliphatic heterocycles. The largest absolute Gasteiger partial charge is 0.459 e. The lowest BCUT2D eigenvalue weighted by Gasteiger charge is -2.28. The van der Waals surface area contributed by atoms with Gasteiger partial charge >= 0.3 is 0 Å². The van der Waals surface area contributed by atoms with E-state index in [9.17, 15) is 4.79 Å². The van der Waals surface area contributed by atoms with E-state index < -0.39 is 0 Å². The summed E-state index contributed by atoms with van der Waals surface area (Å²) in [6.07, 6.45) is 5.86. The Bertz CT molecular complexity index is 1140. The van der Waals surface area contributed by atoms with Crippen LogP contribution in [0.3, 0.4) is 0 Å². The Balaban J connectivity index is 1.60. The maximum atomic E-state index is 13.2. The minimum Gasteiger partial charge on any atom is -0.459 e. The molecular weight excluding hydrogens is 354 g/mol. The van der Waals surface area contributed by atoms with Crippen LogP contribution in [0.4, 0.5) is 0 Å². The first-order chi connectivity index (χ1) is 13.7. The summed E-state index contributed by atoms with van der Waals surface area (Å²) in [4.78, 5) is 15.1. The number of carbonyl (C=O) groups is 1. The van der Waals surface area contributed by atoms with Crippen molar-refractivity contribution >= 4 is 22.5 Å². The van der Waals surface area contributed by atoms with Crippen molar-refractivity contribution in [2.45, 2.75) is 45.2 Å². The van der Waals surface area contributed by atoms with Gasteiger partial charge in [-0.25, -0.2) is 0 Å². The van der Waals surface area contributed by atoms with Gasteiger partial charge < -0.3 is 9.32 Å². The lowest BCUT2D eigenvalue weighted by Crippen LogP contribution is -2.38. The van der Waals surface area contributed by atoms with Crippen molar-refractivity contribution in [2.24, 2.45) is 0 Å². The number of aromatic nitrogens is 4. The highest BCUT2D eigenvalue weighted by Crippen LogP contribution is 2.28. The van der Waals surface area contributed by atoms with Gasteiger partial charge in [-0.3, -0.25) is 4.79 Å². The monoisotopic (exact) mass is 375 g/mol. The number of fused-ring (bicyclic) bond motifs is 3. The maximum Gasteiger partial charge on any atom is 0.290 e. The molecule has 1 fully saturated rings. The van der Waals surface area contributed by atoms with Crippen molar-refractivity contribution in [3.8, 4) is 0 Å². The van der Waals surface area contributed by atoms with Gasteiger partial charge in [0.15, 0.2) is 11.4 Å². The second-order valence-corrected chi connectivity index (χ2v) is 7.49. The van der Waals surface area contributed by atoms with E-state index in [0.717, 1.165) is 42.1 Å². The van der Waals surface area contributed by atoms with Gasteiger partial charge in [0.2, 0.25) is 0 Å². The number of rotatable bonds is 4. The van der Waals surface area contributed by atoms with Gasteiger partial charge in [-0.05, 0) is 60.5 Å². The number of hydrogen-bond acceptors (Lipinski definition) is 5. The molecule has 1 saturated carbocycles. The van der Waals surface area contributed by atoms with E-state index in [-0.39, 0.29) is 11.9 Å². The Kier molecular flexibility index (Phi) is 4.07. The molecule has 1 aromatic carbocycles. The number of amides is 1. The van der Waals surface area contributed by atoms with E-state index in [4.69, 9.17) is 4.42 Å². The van der Waals surface area contributed by atoms with Gasteiger partial charge in [-0.15, -0.1) is 5.10 Å². The average molecular weight is 375 g/mol. The van der Waals surface area contributed by atoms with Crippen molar-refractivity contribution in [1.29, 1.82) is 0 Å². The third-order valence-corrected chi connectivity index (χ3v) is 5.60. The first kappa shape index (κ1) is 16.9. The smallest absolute Gasteiger partial charge is 0.290 e. The molecule has 5 rings (SSSR count). The molecule has 28 heavy (non-hydrogen) atoms. The molecular formula is C21H21N5O2. The van der Waals surface area contributed by atoms with Crippen LogP contribution in [-0.2, 0) is 6.54 Å². The van der Waals surface area contributed by atoms with E-state index in [1.807, 2.05) is 17.0 Å². The zero-order valence-electron chi connectivity index (χ0n) is 15.7. The van der Waals surface area contributed by atoms with E-state index >= 15 is 0 Å². The number of carbonyl (C=O) groups excluding carboxylic acids is 1. The van der Waals surface area contributed by atoms with Gasteiger partial charge in [0.1, 0.15) is 0 Å². The van der Waals surface area contributed by atoms with Crippen LogP contribution in [0.15, 0.2) is 47.1 Å². The van der Waals surface area contributed by atoms with Gasteiger partial charge in [-0.2, -0.15) is 4.52 Å². The topological polar surface area (TPSA) is 76.5 Å². The zero-order chi connectivity index (χ0) is 19.1. The molecule has 4 aromatic rings.